The first-order chi connectivity index (χ1) is 22.4. The summed E-state index contributed by atoms with van der Waals surface area (Å²) in [4.78, 5) is 28.7. The summed E-state index contributed by atoms with van der Waals surface area (Å²) in [5.74, 6) is 0.354. The molecule has 2 aliphatic rings. The molecule has 1 aliphatic carbocycles. The van der Waals surface area contributed by atoms with Gasteiger partial charge >= 0.3 is 6.18 Å². The molecule has 2 amide bonds. The number of alkyl halides is 3. The van der Waals surface area contributed by atoms with Gasteiger partial charge in [-0.15, -0.1) is 15.3 Å². The highest BCUT2D eigenvalue weighted by molar-refractivity contribution is 6.10. The highest BCUT2D eigenvalue weighted by atomic mass is 19.4. The Hall–Kier alpha value is -4.85. The summed E-state index contributed by atoms with van der Waals surface area (Å²) in [5.41, 5.74) is 1.97. The average Bonchev–Trinajstić information content (AvgIpc) is 3.76. The topological polar surface area (TPSA) is 114 Å². The number of hydrogen-bond acceptors (Lipinski definition) is 7. The van der Waals surface area contributed by atoms with Gasteiger partial charge in [-0.2, -0.15) is 13.2 Å². The van der Waals surface area contributed by atoms with Crippen molar-refractivity contribution in [3.05, 3.63) is 101 Å². The molecule has 4 aromatic rings. The number of rotatable bonds is 10. The molecule has 1 N–H and O–H groups in total. The molecule has 47 heavy (non-hydrogen) atoms. The first-order valence-corrected chi connectivity index (χ1v) is 15.3. The van der Waals surface area contributed by atoms with Crippen LogP contribution in [-0.4, -0.2) is 59.6 Å². The van der Waals surface area contributed by atoms with Crippen molar-refractivity contribution in [3.8, 4) is 0 Å². The molecule has 0 atom stereocenters. The van der Waals surface area contributed by atoms with Gasteiger partial charge in [0.15, 0.2) is 0 Å². The van der Waals surface area contributed by atoms with Crippen LogP contribution >= 0.6 is 0 Å². The molecule has 1 aliphatic heterocycles. The molecular weight excluding hydrogens is 611 g/mol. The highest BCUT2D eigenvalue weighted by Gasteiger charge is 2.40. The van der Waals surface area contributed by atoms with E-state index >= 15 is 0 Å². The van der Waals surface area contributed by atoms with Crippen LogP contribution in [-0.2, 0) is 44.7 Å². The van der Waals surface area contributed by atoms with E-state index < -0.39 is 17.6 Å². The predicted molar refractivity (Wildman–Crippen MR) is 169 cm³/mol. The van der Waals surface area contributed by atoms with Crippen molar-refractivity contribution in [2.24, 2.45) is 20.0 Å². The lowest BCUT2D eigenvalue weighted by atomic mass is 9.72. The van der Waals surface area contributed by atoms with Gasteiger partial charge in [0.05, 0.1) is 18.7 Å². The van der Waals surface area contributed by atoms with Crippen molar-refractivity contribution in [2.45, 2.75) is 51.5 Å². The Bertz CT molecular complexity index is 1710. The first-order valence-electron chi connectivity index (χ1n) is 15.3. The summed E-state index contributed by atoms with van der Waals surface area (Å²) in [7, 11) is 3.60. The van der Waals surface area contributed by atoms with Crippen molar-refractivity contribution in [1.82, 2.24) is 40.0 Å². The standard InChI is InChI=1S/C30H33F3N6O2.C3H5N3/c1-4-28(40)38(17-23-16-37(3)36-35-23)9-8-34-15-20-12-25-26(27(13-20)30(31,32)33)18-39(29(25)41)24-7-5-6-21(14-24)22-10-19(2)11-22;1-6-2-4-5-3-6/h4-7,12-14,16,19,22,34H,1,8-11,15,17-18H2,2-3H3;2-3H,1H3. The summed E-state index contributed by atoms with van der Waals surface area (Å²) in [6, 6.07) is 10.3. The summed E-state index contributed by atoms with van der Waals surface area (Å²) < 4.78 is 45.8. The van der Waals surface area contributed by atoms with Crippen molar-refractivity contribution in [3.63, 3.8) is 0 Å². The number of fused-ring (bicyclic) bond motifs is 1. The number of nitrogens with one attached hydrogen (secondary N) is 1. The maximum absolute atomic E-state index is 14.2. The molecular formula is C33H38F3N9O2. The number of anilines is 1. The van der Waals surface area contributed by atoms with Crippen LogP contribution in [0.25, 0.3) is 0 Å². The van der Waals surface area contributed by atoms with Crippen LogP contribution in [0.5, 0.6) is 0 Å². The zero-order chi connectivity index (χ0) is 33.7. The third kappa shape index (κ3) is 8.12. The van der Waals surface area contributed by atoms with Crippen LogP contribution in [0.2, 0.25) is 0 Å². The van der Waals surface area contributed by atoms with Gasteiger partial charge in [-0.1, -0.05) is 30.8 Å². The fourth-order valence-electron chi connectivity index (χ4n) is 5.91. The number of benzene rings is 2. The zero-order valence-corrected chi connectivity index (χ0v) is 26.6. The van der Waals surface area contributed by atoms with Gasteiger partial charge in [-0.25, -0.2) is 0 Å². The number of carbonyl (C=O) groups excluding carboxylic acids is 2. The van der Waals surface area contributed by atoms with Gasteiger partial charge in [0.2, 0.25) is 5.91 Å². The van der Waals surface area contributed by atoms with E-state index in [2.05, 4.69) is 39.3 Å². The molecule has 0 bridgehead atoms. The second kappa shape index (κ2) is 14.3. The molecule has 1 saturated carbocycles. The molecule has 248 valence electrons. The minimum Gasteiger partial charge on any atom is -0.332 e. The maximum Gasteiger partial charge on any atom is 0.416 e. The lowest BCUT2D eigenvalue weighted by molar-refractivity contribution is -0.138. The molecule has 11 nitrogen and oxygen atoms in total. The SMILES string of the molecule is C=CC(=O)N(CCNCc1cc2c(c(C(F)(F)F)c1)CN(c1cccc(C3CC(C)C3)c1)C2=O)Cc1cn(C)nn1.Cn1cnnc1. The van der Waals surface area contributed by atoms with E-state index in [9.17, 15) is 22.8 Å². The predicted octanol–water partition coefficient (Wildman–Crippen LogP) is 4.63. The van der Waals surface area contributed by atoms with Crippen molar-refractivity contribution in [2.75, 3.05) is 18.0 Å². The van der Waals surface area contributed by atoms with Gasteiger partial charge in [0.25, 0.3) is 5.91 Å². The molecule has 3 heterocycles. The van der Waals surface area contributed by atoms with Gasteiger partial charge < -0.3 is 19.7 Å². The van der Waals surface area contributed by atoms with Gasteiger partial charge in [0.1, 0.15) is 18.3 Å². The maximum atomic E-state index is 14.2. The number of carbonyl (C=O) groups is 2. The lowest BCUT2D eigenvalue weighted by Gasteiger charge is -2.33. The summed E-state index contributed by atoms with van der Waals surface area (Å²) >= 11 is 0. The van der Waals surface area contributed by atoms with E-state index in [1.54, 1.807) is 42.6 Å². The monoisotopic (exact) mass is 649 g/mol. The summed E-state index contributed by atoms with van der Waals surface area (Å²) in [6.45, 7) is 6.52. The third-order valence-corrected chi connectivity index (χ3v) is 8.35. The quantitative estimate of drug-likeness (QED) is 0.197. The van der Waals surface area contributed by atoms with E-state index in [1.807, 2.05) is 25.2 Å². The van der Waals surface area contributed by atoms with Crippen LogP contribution in [0, 0.1) is 5.92 Å². The Morgan fingerprint density at radius 1 is 1.15 bits per heavy atom. The Morgan fingerprint density at radius 3 is 2.49 bits per heavy atom. The van der Waals surface area contributed by atoms with Crippen LogP contribution < -0.4 is 10.2 Å². The van der Waals surface area contributed by atoms with Gasteiger partial charge in [-0.05, 0) is 71.7 Å². The molecule has 6 rings (SSSR count). The summed E-state index contributed by atoms with van der Waals surface area (Å²) in [5, 5.41) is 18.0. The Kier molecular flexibility index (Phi) is 10.2. The number of amides is 2. The lowest BCUT2D eigenvalue weighted by Crippen LogP contribution is -2.35. The molecule has 2 aromatic heterocycles. The first kappa shape index (κ1) is 33.5. The number of halogens is 3. The van der Waals surface area contributed by atoms with Crippen molar-refractivity contribution < 1.29 is 22.8 Å². The second-order valence-corrected chi connectivity index (χ2v) is 12.1. The Labute approximate surface area is 271 Å². The molecule has 14 heteroatoms. The normalized spacial score (nSPS) is 17.1. The smallest absolute Gasteiger partial charge is 0.332 e. The van der Waals surface area contributed by atoms with Crippen LogP contribution in [0.1, 0.15) is 64.0 Å². The van der Waals surface area contributed by atoms with Crippen LogP contribution in [0.15, 0.2) is 67.9 Å². The molecule has 0 spiro atoms. The van der Waals surface area contributed by atoms with E-state index in [1.165, 1.54) is 20.6 Å². The van der Waals surface area contributed by atoms with Gasteiger partial charge in [-0.3, -0.25) is 14.3 Å². The fraction of sp³-hybridized carbons (Fsp3) is 0.394. The molecule has 0 radical (unpaired) electrons. The fourth-order valence-corrected chi connectivity index (χ4v) is 5.91. The van der Waals surface area contributed by atoms with Crippen LogP contribution in [0.3, 0.4) is 0 Å². The largest absolute Gasteiger partial charge is 0.416 e. The zero-order valence-electron chi connectivity index (χ0n) is 26.6. The number of nitrogens with zero attached hydrogens (tertiary/aromatic N) is 8. The minimum atomic E-state index is -4.61. The molecule has 1 fully saturated rings. The number of hydrogen-bond donors (Lipinski definition) is 1. The minimum absolute atomic E-state index is 0.000597. The number of aromatic nitrogens is 6. The second-order valence-electron chi connectivity index (χ2n) is 12.1. The highest BCUT2D eigenvalue weighted by Crippen LogP contribution is 2.43. The Balaban J connectivity index is 0.000000650. The van der Waals surface area contributed by atoms with E-state index in [4.69, 9.17) is 0 Å². The number of aryl methyl sites for hydroxylation is 2. The van der Waals surface area contributed by atoms with E-state index in [-0.39, 0.29) is 43.2 Å². The summed E-state index contributed by atoms with van der Waals surface area (Å²) in [6.07, 6.45) is 3.72. The average molecular weight is 650 g/mol. The molecule has 0 unspecified atom stereocenters. The molecule has 0 saturated heterocycles. The van der Waals surface area contributed by atoms with Gasteiger partial charge in [0, 0.05) is 51.2 Å². The molecule has 2 aromatic carbocycles. The Morgan fingerprint density at radius 2 is 1.89 bits per heavy atom. The third-order valence-electron chi connectivity index (χ3n) is 8.35. The van der Waals surface area contributed by atoms with E-state index in [0.717, 1.165) is 24.5 Å². The van der Waals surface area contributed by atoms with Crippen molar-refractivity contribution >= 4 is 17.5 Å². The van der Waals surface area contributed by atoms with E-state index in [0.29, 0.717) is 35.3 Å². The van der Waals surface area contributed by atoms with Crippen molar-refractivity contribution in [1.29, 1.82) is 0 Å². The van der Waals surface area contributed by atoms with Crippen LogP contribution in [0.4, 0.5) is 18.9 Å².